The first-order valence-electron chi connectivity index (χ1n) is 14.0. The molecule has 2 heterocycles. The fraction of sp³-hybridized carbons (Fsp3) is 0.135. The Morgan fingerprint density at radius 2 is 1.12 bits per heavy atom. The zero-order valence-electron chi connectivity index (χ0n) is 23.3. The Hall–Kier alpha value is -4.80. The van der Waals surface area contributed by atoms with Gasteiger partial charge in [-0.05, 0) is 57.5 Å². The number of benzene rings is 4. The van der Waals surface area contributed by atoms with E-state index >= 15 is 0 Å². The van der Waals surface area contributed by atoms with Gasteiger partial charge in [0.2, 0.25) is 0 Å². The van der Waals surface area contributed by atoms with Crippen molar-refractivity contribution < 1.29 is 5.11 Å². The van der Waals surface area contributed by atoms with Crippen LogP contribution in [-0.2, 0) is 11.1 Å². The second-order valence-corrected chi connectivity index (χ2v) is 10.7. The molecule has 4 heteroatoms. The van der Waals surface area contributed by atoms with Crippen LogP contribution in [0.25, 0.3) is 11.1 Å². The number of nitrogens with zero attached hydrogens (tertiary/aromatic N) is 3. The van der Waals surface area contributed by atoms with Crippen molar-refractivity contribution in [1.29, 1.82) is 0 Å². The highest BCUT2D eigenvalue weighted by Crippen LogP contribution is 2.43. The topological polar surface area (TPSA) is 50.9 Å². The summed E-state index contributed by atoms with van der Waals surface area (Å²) in [5.41, 5.74) is 4.78. The first kappa shape index (κ1) is 26.4. The average Bonchev–Trinajstić information content (AvgIpc) is 3.54. The molecule has 0 saturated carbocycles. The van der Waals surface area contributed by atoms with Crippen LogP contribution >= 0.6 is 0 Å². The smallest absolute Gasteiger partial charge is 0.135 e. The third-order valence-electron chi connectivity index (χ3n) is 8.09. The Kier molecular flexibility index (Phi) is 7.08. The zero-order valence-corrected chi connectivity index (χ0v) is 23.3. The second-order valence-electron chi connectivity index (χ2n) is 10.7. The minimum atomic E-state index is -1.32. The van der Waals surface area contributed by atoms with E-state index in [1.54, 1.807) is 12.4 Å². The molecule has 0 bridgehead atoms. The summed E-state index contributed by atoms with van der Waals surface area (Å²) < 4.78 is 2.16. The molecule has 0 aliphatic rings. The van der Waals surface area contributed by atoms with Crippen LogP contribution in [0.1, 0.15) is 41.8 Å². The maximum Gasteiger partial charge on any atom is 0.135 e. The first-order valence-corrected chi connectivity index (χ1v) is 14.0. The minimum Gasteiger partial charge on any atom is -0.378 e. The Morgan fingerprint density at radius 3 is 1.63 bits per heavy atom. The molecule has 0 amide bonds. The summed E-state index contributed by atoms with van der Waals surface area (Å²) in [6.07, 6.45) is 7.46. The molecule has 1 N–H and O–H groups in total. The van der Waals surface area contributed by atoms with Crippen molar-refractivity contribution in [3.05, 3.63) is 180 Å². The molecule has 41 heavy (non-hydrogen) atoms. The lowest BCUT2D eigenvalue weighted by Gasteiger charge is -2.37. The van der Waals surface area contributed by atoms with Crippen molar-refractivity contribution in [2.75, 3.05) is 0 Å². The Bertz CT molecular complexity index is 1620. The lowest BCUT2D eigenvalue weighted by atomic mass is 9.76. The SMILES string of the molecule is CC(C)C(O)(c1cccc(-c2ccncc2)c1)c1cn(C(c2ccccc2)(c2ccccc2)c2ccccc2)cn1. The molecule has 0 saturated heterocycles. The molecule has 4 aromatic carbocycles. The van der Waals surface area contributed by atoms with Crippen LogP contribution in [0.2, 0.25) is 0 Å². The van der Waals surface area contributed by atoms with E-state index in [1.165, 1.54) is 0 Å². The van der Waals surface area contributed by atoms with Crippen molar-refractivity contribution in [1.82, 2.24) is 14.5 Å². The highest BCUT2D eigenvalue weighted by atomic mass is 16.3. The molecule has 0 fully saturated rings. The molecule has 1 unspecified atom stereocenters. The van der Waals surface area contributed by atoms with Crippen LogP contribution in [0.3, 0.4) is 0 Å². The van der Waals surface area contributed by atoms with E-state index in [2.05, 4.69) is 94.5 Å². The molecule has 6 aromatic rings. The van der Waals surface area contributed by atoms with Crippen LogP contribution in [-0.4, -0.2) is 19.6 Å². The van der Waals surface area contributed by atoms with Gasteiger partial charge in [-0.1, -0.05) is 123 Å². The van der Waals surface area contributed by atoms with Gasteiger partial charge in [0, 0.05) is 18.6 Å². The van der Waals surface area contributed by atoms with Crippen LogP contribution in [0.5, 0.6) is 0 Å². The Balaban J connectivity index is 1.57. The van der Waals surface area contributed by atoms with Crippen molar-refractivity contribution in [2.45, 2.75) is 25.0 Å². The monoisotopic (exact) mass is 535 g/mol. The van der Waals surface area contributed by atoms with E-state index < -0.39 is 11.1 Å². The van der Waals surface area contributed by atoms with Crippen molar-refractivity contribution in [2.24, 2.45) is 5.92 Å². The van der Waals surface area contributed by atoms with Gasteiger partial charge in [-0.25, -0.2) is 4.98 Å². The van der Waals surface area contributed by atoms with E-state index in [4.69, 9.17) is 4.98 Å². The van der Waals surface area contributed by atoms with E-state index in [0.29, 0.717) is 5.69 Å². The van der Waals surface area contributed by atoms with Crippen LogP contribution in [0.15, 0.2) is 152 Å². The number of aromatic nitrogens is 3. The summed E-state index contributed by atoms with van der Waals surface area (Å²) in [5.74, 6) is -0.141. The lowest BCUT2D eigenvalue weighted by molar-refractivity contribution is 0.0278. The molecule has 4 nitrogen and oxygen atoms in total. The number of rotatable bonds is 8. The number of pyridine rings is 1. The Morgan fingerprint density at radius 1 is 0.610 bits per heavy atom. The van der Waals surface area contributed by atoms with Gasteiger partial charge < -0.3 is 9.67 Å². The summed E-state index contributed by atoms with van der Waals surface area (Å²) in [5, 5.41) is 12.5. The van der Waals surface area contributed by atoms with Crippen molar-refractivity contribution in [3.63, 3.8) is 0 Å². The molecule has 202 valence electrons. The van der Waals surface area contributed by atoms with E-state index in [0.717, 1.165) is 33.4 Å². The third kappa shape index (κ3) is 4.56. The number of hydrogen-bond acceptors (Lipinski definition) is 3. The van der Waals surface area contributed by atoms with Gasteiger partial charge in [-0.15, -0.1) is 0 Å². The molecule has 0 aliphatic carbocycles. The summed E-state index contributed by atoms with van der Waals surface area (Å²) >= 11 is 0. The third-order valence-corrected chi connectivity index (χ3v) is 8.09. The molecular weight excluding hydrogens is 502 g/mol. The molecular formula is C37H33N3O. The second kappa shape index (κ2) is 11.0. The van der Waals surface area contributed by atoms with Gasteiger partial charge in [0.25, 0.3) is 0 Å². The van der Waals surface area contributed by atoms with Crippen molar-refractivity contribution in [3.8, 4) is 11.1 Å². The fourth-order valence-electron chi connectivity index (χ4n) is 5.95. The molecule has 2 aromatic heterocycles. The fourth-order valence-corrected chi connectivity index (χ4v) is 5.95. The van der Waals surface area contributed by atoms with Crippen LogP contribution in [0.4, 0.5) is 0 Å². The maximum absolute atomic E-state index is 12.5. The van der Waals surface area contributed by atoms with Gasteiger partial charge in [-0.3, -0.25) is 4.98 Å². The van der Waals surface area contributed by atoms with Crippen LogP contribution < -0.4 is 0 Å². The maximum atomic E-state index is 12.5. The average molecular weight is 536 g/mol. The molecule has 0 radical (unpaired) electrons. The van der Waals surface area contributed by atoms with E-state index in [9.17, 15) is 5.11 Å². The summed E-state index contributed by atoms with van der Waals surface area (Å²) in [7, 11) is 0. The molecule has 0 spiro atoms. The normalized spacial score (nSPS) is 13.2. The summed E-state index contributed by atoms with van der Waals surface area (Å²) in [6.45, 7) is 4.08. The van der Waals surface area contributed by atoms with Gasteiger partial charge in [0.1, 0.15) is 11.1 Å². The van der Waals surface area contributed by atoms with Gasteiger partial charge >= 0.3 is 0 Å². The number of aliphatic hydroxyl groups is 1. The van der Waals surface area contributed by atoms with E-state index in [-0.39, 0.29) is 5.92 Å². The molecule has 6 rings (SSSR count). The van der Waals surface area contributed by atoms with Gasteiger partial charge in [0.05, 0.1) is 12.0 Å². The minimum absolute atomic E-state index is 0.141. The lowest BCUT2D eigenvalue weighted by Crippen LogP contribution is -2.37. The Labute approximate surface area is 241 Å². The highest BCUT2D eigenvalue weighted by molar-refractivity contribution is 5.64. The predicted octanol–water partition coefficient (Wildman–Crippen LogP) is 7.68. The molecule has 1 atom stereocenters. The largest absolute Gasteiger partial charge is 0.378 e. The zero-order chi connectivity index (χ0) is 28.3. The van der Waals surface area contributed by atoms with Gasteiger partial charge in [0.15, 0.2) is 0 Å². The van der Waals surface area contributed by atoms with E-state index in [1.807, 2.05) is 68.8 Å². The van der Waals surface area contributed by atoms with Crippen molar-refractivity contribution >= 4 is 0 Å². The number of hydrogen-bond donors (Lipinski definition) is 1. The molecule has 0 aliphatic heterocycles. The van der Waals surface area contributed by atoms with Crippen LogP contribution in [0, 0.1) is 5.92 Å². The first-order chi connectivity index (χ1) is 20.0. The standard InChI is InChI=1S/C37H33N3O/c1-28(2)37(41,34-20-12-13-30(25-34)29-21-23-38-24-22-29)35-26-40(27-39-35)36(31-14-6-3-7-15-31,32-16-8-4-9-17-32)33-18-10-5-11-19-33/h3-28,41H,1-2H3. The number of imidazole rings is 1. The summed E-state index contributed by atoms with van der Waals surface area (Å²) in [4.78, 5) is 9.09. The summed E-state index contributed by atoms with van der Waals surface area (Å²) in [6, 6.07) is 43.6. The highest BCUT2D eigenvalue weighted by Gasteiger charge is 2.42. The predicted molar refractivity (Wildman–Crippen MR) is 164 cm³/mol. The quantitative estimate of drug-likeness (QED) is 0.203. The van der Waals surface area contributed by atoms with Gasteiger partial charge in [-0.2, -0.15) is 0 Å².